The Morgan fingerprint density at radius 3 is 2.69 bits per heavy atom. The molecule has 0 atom stereocenters. The van der Waals surface area contributed by atoms with Gasteiger partial charge < -0.3 is 14.4 Å². The first-order valence-corrected chi connectivity index (χ1v) is 11.9. The van der Waals surface area contributed by atoms with Crippen LogP contribution >= 0.6 is 0 Å². The van der Waals surface area contributed by atoms with Crippen LogP contribution in [-0.4, -0.2) is 49.7 Å². The summed E-state index contributed by atoms with van der Waals surface area (Å²) in [5, 5.41) is 0. The maximum Gasteiger partial charge on any atom is 0.410 e. The van der Waals surface area contributed by atoms with Crippen LogP contribution in [0.2, 0.25) is 0 Å². The van der Waals surface area contributed by atoms with Crippen LogP contribution in [-0.2, 0) is 21.3 Å². The van der Waals surface area contributed by atoms with Gasteiger partial charge in [0, 0.05) is 37.6 Å². The van der Waals surface area contributed by atoms with Crippen molar-refractivity contribution >= 4 is 22.2 Å². The van der Waals surface area contributed by atoms with E-state index >= 15 is 0 Å². The normalized spacial score (nSPS) is 13.2. The number of nitrogens with zero attached hydrogens (tertiary/aromatic N) is 2. The molecule has 9 heteroatoms. The fraction of sp³-hybridized carbons (Fsp3) is 0.391. The van der Waals surface area contributed by atoms with E-state index in [1.54, 1.807) is 29.4 Å². The molecule has 32 heavy (non-hydrogen) atoms. The van der Waals surface area contributed by atoms with E-state index in [4.69, 9.17) is 9.47 Å². The van der Waals surface area contributed by atoms with E-state index in [0.717, 1.165) is 11.1 Å². The number of carbonyl (C=O) groups is 1. The van der Waals surface area contributed by atoms with Crippen LogP contribution in [0.3, 0.4) is 0 Å². The number of aromatic nitrogens is 1. The number of nitrogens with one attached hydrogen (secondary N) is 1. The molecule has 0 spiro atoms. The van der Waals surface area contributed by atoms with Crippen LogP contribution in [0.1, 0.15) is 38.3 Å². The van der Waals surface area contributed by atoms with Crippen molar-refractivity contribution in [2.75, 3.05) is 19.7 Å². The lowest BCUT2D eigenvalue weighted by molar-refractivity contribution is 0.0232. The highest BCUT2D eigenvalue weighted by molar-refractivity contribution is 7.89. The second-order valence-corrected chi connectivity index (χ2v) is 10.2. The largest absolute Gasteiger partial charge is 0.489 e. The maximum absolute atomic E-state index is 12.7. The van der Waals surface area contributed by atoms with Crippen molar-refractivity contribution in [2.24, 2.45) is 0 Å². The summed E-state index contributed by atoms with van der Waals surface area (Å²) in [6.07, 6.45) is 6.98. The molecule has 8 nitrogen and oxygen atoms in total. The lowest BCUT2D eigenvalue weighted by Gasteiger charge is -2.27. The SMILES string of the molecule is CC(C)(C)OC(=O)N(CCCNS(=O)(=O)c1ccc2c(c1)C=CCO2)Cc1ccncc1. The van der Waals surface area contributed by atoms with Crippen LogP contribution in [0.15, 0.2) is 53.7 Å². The van der Waals surface area contributed by atoms with Crippen LogP contribution < -0.4 is 9.46 Å². The Labute approximate surface area is 189 Å². The quantitative estimate of drug-likeness (QED) is 0.606. The number of sulfonamides is 1. The third kappa shape index (κ3) is 6.80. The zero-order chi connectivity index (χ0) is 23.2. The van der Waals surface area contributed by atoms with Gasteiger partial charge in [0.2, 0.25) is 10.0 Å². The smallest absolute Gasteiger partial charge is 0.410 e. The second-order valence-electron chi connectivity index (χ2n) is 8.42. The maximum atomic E-state index is 12.7. The number of pyridine rings is 1. The van der Waals surface area contributed by atoms with Crippen molar-refractivity contribution in [3.05, 3.63) is 59.9 Å². The molecule has 1 N–H and O–H groups in total. The highest BCUT2D eigenvalue weighted by Gasteiger charge is 2.23. The number of ether oxygens (including phenoxy) is 2. The summed E-state index contributed by atoms with van der Waals surface area (Å²) in [7, 11) is -3.68. The fourth-order valence-electron chi connectivity index (χ4n) is 3.10. The van der Waals surface area contributed by atoms with Crippen LogP contribution in [0.4, 0.5) is 4.79 Å². The van der Waals surface area contributed by atoms with Gasteiger partial charge in [0.1, 0.15) is 18.0 Å². The van der Waals surface area contributed by atoms with Crippen molar-refractivity contribution in [3.63, 3.8) is 0 Å². The third-order valence-corrected chi connectivity index (χ3v) is 6.05. The molecule has 0 bridgehead atoms. The minimum absolute atomic E-state index is 0.173. The Morgan fingerprint density at radius 1 is 1.22 bits per heavy atom. The molecular weight excluding hydrogens is 430 g/mol. The molecule has 1 aliphatic rings. The lowest BCUT2D eigenvalue weighted by atomic mass is 10.1. The van der Waals surface area contributed by atoms with Crippen LogP contribution in [0.5, 0.6) is 5.75 Å². The molecule has 1 aliphatic heterocycles. The summed E-state index contributed by atoms with van der Waals surface area (Å²) < 4.78 is 39.0. The second kappa shape index (κ2) is 10.1. The first kappa shape index (κ1) is 23.7. The van der Waals surface area contributed by atoms with Crippen molar-refractivity contribution < 1.29 is 22.7 Å². The minimum atomic E-state index is -3.68. The molecule has 2 heterocycles. The van der Waals surface area contributed by atoms with E-state index < -0.39 is 21.7 Å². The Bertz CT molecular complexity index is 1060. The standard InChI is InChI=1S/C23H29N3O5S/c1-23(2,3)31-22(27)26(17-18-9-12-24-13-10-18)14-5-11-25-32(28,29)20-7-8-21-19(16-20)6-4-15-30-21/h4,6-10,12-13,16,25H,5,11,14-15,17H2,1-3H3. The molecule has 0 radical (unpaired) electrons. The number of carbonyl (C=O) groups excluding carboxylic acids is 1. The molecule has 0 saturated carbocycles. The molecule has 1 aromatic carbocycles. The van der Waals surface area contributed by atoms with Gasteiger partial charge in [-0.15, -0.1) is 0 Å². The molecule has 0 aliphatic carbocycles. The van der Waals surface area contributed by atoms with Gasteiger partial charge >= 0.3 is 6.09 Å². The van der Waals surface area contributed by atoms with E-state index in [1.807, 2.05) is 45.1 Å². The predicted molar refractivity (Wildman–Crippen MR) is 122 cm³/mol. The minimum Gasteiger partial charge on any atom is -0.489 e. The number of amides is 1. The van der Waals surface area contributed by atoms with Crippen molar-refractivity contribution in [3.8, 4) is 5.75 Å². The van der Waals surface area contributed by atoms with E-state index in [-0.39, 0.29) is 11.4 Å². The topological polar surface area (TPSA) is 97.8 Å². The van der Waals surface area contributed by atoms with Crippen molar-refractivity contribution in [2.45, 2.75) is 44.2 Å². The summed E-state index contributed by atoms with van der Waals surface area (Å²) >= 11 is 0. The number of hydrogen-bond donors (Lipinski definition) is 1. The molecular formula is C23H29N3O5S. The van der Waals surface area contributed by atoms with Crippen molar-refractivity contribution in [1.82, 2.24) is 14.6 Å². The van der Waals surface area contributed by atoms with E-state index in [9.17, 15) is 13.2 Å². The van der Waals surface area contributed by atoms with Crippen molar-refractivity contribution in [1.29, 1.82) is 0 Å². The lowest BCUT2D eigenvalue weighted by Crippen LogP contribution is -2.38. The molecule has 2 aromatic rings. The molecule has 0 saturated heterocycles. The summed E-state index contributed by atoms with van der Waals surface area (Å²) in [6, 6.07) is 8.43. The Morgan fingerprint density at radius 2 is 1.97 bits per heavy atom. The van der Waals surface area contributed by atoms with Gasteiger partial charge in [-0.1, -0.05) is 6.08 Å². The number of rotatable bonds is 8. The zero-order valence-electron chi connectivity index (χ0n) is 18.6. The molecule has 172 valence electrons. The third-order valence-electron chi connectivity index (χ3n) is 4.60. The Hall–Kier alpha value is -2.91. The van der Waals surface area contributed by atoms with Gasteiger partial charge in [0.25, 0.3) is 0 Å². The van der Waals surface area contributed by atoms with Gasteiger partial charge in [-0.25, -0.2) is 17.9 Å². The first-order chi connectivity index (χ1) is 15.1. The van der Waals surface area contributed by atoms with Gasteiger partial charge in [-0.05, 0) is 69.2 Å². The first-order valence-electron chi connectivity index (χ1n) is 10.4. The molecule has 1 amide bonds. The monoisotopic (exact) mass is 459 g/mol. The predicted octanol–water partition coefficient (Wildman–Crippen LogP) is 3.59. The zero-order valence-corrected chi connectivity index (χ0v) is 19.4. The van der Waals surface area contributed by atoms with E-state index in [0.29, 0.717) is 31.9 Å². The van der Waals surface area contributed by atoms with Gasteiger partial charge in [-0.2, -0.15) is 0 Å². The highest BCUT2D eigenvalue weighted by Crippen LogP contribution is 2.26. The van der Waals surface area contributed by atoms with Crippen LogP contribution in [0.25, 0.3) is 6.08 Å². The number of fused-ring (bicyclic) bond motifs is 1. The molecule has 3 rings (SSSR count). The van der Waals surface area contributed by atoms with Gasteiger partial charge in [0.05, 0.1) is 4.90 Å². The van der Waals surface area contributed by atoms with Crippen LogP contribution in [0, 0.1) is 0 Å². The average Bonchev–Trinajstić information content (AvgIpc) is 2.75. The Balaban J connectivity index is 1.60. The molecule has 0 fully saturated rings. The summed E-state index contributed by atoms with van der Waals surface area (Å²) in [6.45, 7) is 6.77. The molecule has 1 aromatic heterocycles. The van der Waals surface area contributed by atoms with Gasteiger partial charge in [-0.3, -0.25) is 4.98 Å². The summed E-state index contributed by atoms with van der Waals surface area (Å²) in [5.74, 6) is 0.663. The fourth-order valence-corrected chi connectivity index (χ4v) is 4.21. The number of hydrogen-bond acceptors (Lipinski definition) is 6. The highest BCUT2D eigenvalue weighted by atomic mass is 32.2. The van der Waals surface area contributed by atoms with E-state index in [1.165, 1.54) is 6.07 Å². The summed E-state index contributed by atoms with van der Waals surface area (Å²) in [4.78, 5) is 18.4. The average molecular weight is 460 g/mol. The summed E-state index contributed by atoms with van der Waals surface area (Å²) in [5.41, 5.74) is 1.02. The van der Waals surface area contributed by atoms with Gasteiger partial charge in [0.15, 0.2) is 0 Å². The molecule has 0 unspecified atom stereocenters. The number of benzene rings is 1. The van der Waals surface area contributed by atoms with E-state index in [2.05, 4.69) is 9.71 Å². The Kier molecular flexibility index (Phi) is 7.52.